The van der Waals surface area contributed by atoms with E-state index in [2.05, 4.69) is 15.4 Å². The summed E-state index contributed by atoms with van der Waals surface area (Å²) in [5, 5.41) is 17.3. The molecule has 3 heterocycles. The van der Waals surface area contributed by atoms with E-state index in [1.54, 1.807) is 19.1 Å². The standard InChI is InChI=1S/C23H22FN3O4/c1-12(28)10-14-2-4-17-19(23(30)25-22(17)29)21(14)27-8-6-13(7-9-27)20-16-5-3-15(24)11-18(16)31-26-20/h2-5,11-13,28H,6-10H2,1H3,(H,25,29,30). The molecule has 2 N–H and O–H groups in total. The Balaban J connectivity index is 1.45. The highest BCUT2D eigenvalue weighted by Gasteiger charge is 2.35. The quantitative estimate of drug-likeness (QED) is 0.626. The summed E-state index contributed by atoms with van der Waals surface area (Å²) in [6, 6.07) is 7.92. The number of nitrogens with one attached hydrogen (secondary N) is 1. The second kappa shape index (κ2) is 7.46. The highest BCUT2D eigenvalue weighted by molar-refractivity contribution is 6.24. The van der Waals surface area contributed by atoms with Crippen LogP contribution in [0.25, 0.3) is 11.0 Å². The van der Waals surface area contributed by atoms with E-state index in [0.717, 1.165) is 35.2 Å². The minimum atomic E-state index is -0.573. The number of carbonyl (C=O) groups is 2. The monoisotopic (exact) mass is 423 g/mol. The molecule has 8 heteroatoms. The van der Waals surface area contributed by atoms with Crippen molar-refractivity contribution in [2.24, 2.45) is 0 Å². The van der Waals surface area contributed by atoms with Crippen molar-refractivity contribution in [2.45, 2.75) is 38.2 Å². The van der Waals surface area contributed by atoms with Gasteiger partial charge in [0.15, 0.2) is 5.58 Å². The van der Waals surface area contributed by atoms with E-state index in [9.17, 15) is 19.1 Å². The molecule has 2 amide bonds. The van der Waals surface area contributed by atoms with Crippen LogP contribution in [0.2, 0.25) is 0 Å². The number of halogens is 1. The van der Waals surface area contributed by atoms with Gasteiger partial charge in [0.25, 0.3) is 11.8 Å². The molecule has 1 saturated heterocycles. The molecule has 7 nitrogen and oxygen atoms in total. The lowest BCUT2D eigenvalue weighted by molar-refractivity contribution is 0.0879. The number of aromatic nitrogens is 1. The lowest BCUT2D eigenvalue weighted by Crippen LogP contribution is -2.35. The predicted octanol–water partition coefficient (Wildman–Crippen LogP) is 3.16. The normalized spacial score (nSPS) is 17.8. The molecule has 1 fully saturated rings. The van der Waals surface area contributed by atoms with Gasteiger partial charge in [-0.2, -0.15) is 0 Å². The van der Waals surface area contributed by atoms with Crippen LogP contribution < -0.4 is 10.2 Å². The third-order valence-corrected chi connectivity index (χ3v) is 6.14. The Morgan fingerprint density at radius 1 is 1.23 bits per heavy atom. The maximum atomic E-state index is 13.5. The van der Waals surface area contributed by atoms with E-state index in [1.165, 1.54) is 12.1 Å². The van der Waals surface area contributed by atoms with E-state index in [-0.39, 0.29) is 17.6 Å². The zero-order valence-corrected chi connectivity index (χ0v) is 17.0. The highest BCUT2D eigenvalue weighted by atomic mass is 19.1. The molecule has 160 valence electrons. The van der Waals surface area contributed by atoms with Crippen LogP contribution in [-0.2, 0) is 6.42 Å². The van der Waals surface area contributed by atoms with Gasteiger partial charge >= 0.3 is 0 Å². The summed E-state index contributed by atoms with van der Waals surface area (Å²) in [5.41, 5.74) is 3.61. The first kappa shape index (κ1) is 19.7. The van der Waals surface area contributed by atoms with Crippen LogP contribution in [0.15, 0.2) is 34.9 Å². The molecule has 5 rings (SSSR count). The summed E-state index contributed by atoms with van der Waals surface area (Å²) in [7, 11) is 0. The zero-order chi connectivity index (χ0) is 21.7. The lowest BCUT2D eigenvalue weighted by Gasteiger charge is -2.35. The Morgan fingerprint density at radius 2 is 2.00 bits per heavy atom. The maximum absolute atomic E-state index is 13.5. The topological polar surface area (TPSA) is 95.7 Å². The number of rotatable bonds is 4. The molecule has 0 spiro atoms. The first-order chi connectivity index (χ1) is 14.9. The molecule has 1 atom stereocenters. The summed E-state index contributed by atoms with van der Waals surface area (Å²) in [4.78, 5) is 26.8. The third-order valence-electron chi connectivity index (χ3n) is 6.14. The molecule has 2 aliphatic rings. The predicted molar refractivity (Wildman–Crippen MR) is 112 cm³/mol. The summed E-state index contributed by atoms with van der Waals surface area (Å²) in [6.45, 7) is 3.02. The van der Waals surface area contributed by atoms with Crippen molar-refractivity contribution >= 4 is 28.5 Å². The van der Waals surface area contributed by atoms with E-state index in [0.29, 0.717) is 36.2 Å². The van der Waals surface area contributed by atoms with Gasteiger partial charge in [0, 0.05) is 36.9 Å². The smallest absolute Gasteiger partial charge is 0.261 e. The summed E-state index contributed by atoms with van der Waals surface area (Å²) < 4.78 is 18.8. The maximum Gasteiger partial charge on any atom is 0.261 e. The molecule has 0 bridgehead atoms. The van der Waals surface area contributed by atoms with Gasteiger partial charge in [0.1, 0.15) is 5.82 Å². The number of fused-ring (bicyclic) bond motifs is 2. The molecule has 1 aromatic heterocycles. The van der Waals surface area contributed by atoms with Gasteiger partial charge in [-0.25, -0.2) is 4.39 Å². The van der Waals surface area contributed by atoms with Crippen molar-refractivity contribution < 1.29 is 23.6 Å². The van der Waals surface area contributed by atoms with Crippen LogP contribution >= 0.6 is 0 Å². The number of benzene rings is 2. The molecule has 0 radical (unpaired) electrons. The van der Waals surface area contributed by atoms with Gasteiger partial charge in [-0.05, 0) is 43.5 Å². The van der Waals surface area contributed by atoms with Crippen molar-refractivity contribution in [1.29, 1.82) is 0 Å². The van der Waals surface area contributed by atoms with Crippen molar-refractivity contribution in [2.75, 3.05) is 18.0 Å². The number of aliphatic hydroxyl groups excluding tert-OH is 1. The van der Waals surface area contributed by atoms with Crippen LogP contribution in [0.4, 0.5) is 10.1 Å². The van der Waals surface area contributed by atoms with E-state index >= 15 is 0 Å². The zero-order valence-electron chi connectivity index (χ0n) is 17.0. The van der Waals surface area contributed by atoms with Gasteiger partial charge in [-0.3, -0.25) is 14.9 Å². The Kier molecular flexibility index (Phi) is 4.74. The average Bonchev–Trinajstić information content (AvgIpc) is 3.28. The van der Waals surface area contributed by atoms with Gasteiger partial charge in [-0.1, -0.05) is 11.2 Å². The van der Waals surface area contributed by atoms with E-state index < -0.39 is 12.0 Å². The largest absolute Gasteiger partial charge is 0.393 e. The summed E-state index contributed by atoms with van der Waals surface area (Å²) >= 11 is 0. The second-order valence-electron chi connectivity index (χ2n) is 8.30. The minimum Gasteiger partial charge on any atom is -0.393 e. The molecule has 1 unspecified atom stereocenters. The number of amides is 2. The molecule has 2 aromatic carbocycles. The SMILES string of the molecule is CC(O)Cc1ccc2c(c1N1CCC(c3noc4cc(F)ccc34)CC1)C(=O)NC2=O. The molecule has 2 aliphatic heterocycles. The highest BCUT2D eigenvalue weighted by Crippen LogP contribution is 2.38. The Morgan fingerprint density at radius 3 is 2.74 bits per heavy atom. The first-order valence-corrected chi connectivity index (χ1v) is 10.4. The Hall–Kier alpha value is -3.26. The summed E-state index contributed by atoms with van der Waals surface area (Å²) in [6.07, 6.45) is 1.36. The van der Waals surface area contributed by atoms with Crippen molar-refractivity contribution in [3.8, 4) is 0 Å². The Bertz CT molecular complexity index is 1190. The number of carbonyl (C=O) groups excluding carboxylic acids is 2. The number of hydrogen-bond acceptors (Lipinski definition) is 6. The van der Waals surface area contributed by atoms with Gasteiger partial charge in [-0.15, -0.1) is 0 Å². The summed E-state index contributed by atoms with van der Waals surface area (Å²) in [5.74, 6) is -0.994. The number of nitrogens with zero attached hydrogens (tertiary/aromatic N) is 2. The number of piperidine rings is 1. The number of imide groups is 1. The van der Waals surface area contributed by atoms with Crippen molar-refractivity contribution in [1.82, 2.24) is 10.5 Å². The van der Waals surface area contributed by atoms with E-state index in [4.69, 9.17) is 4.52 Å². The Labute approximate surface area is 177 Å². The molecule has 0 aliphatic carbocycles. The van der Waals surface area contributed by atoms with Crippen molar-refractivity contribution in [3.05, 3.63) is 58.5 Å². The van der Waals surface area contributed by atoms with Crippen molar-refractivity contribution in [3.63, 3.8) is 0 Å². The molecule has 0 saturated carbocycles. The number of hydrogen-bond donors (Lipinski definition) is 2. The molecular formula is C23H22FN3O4. The van der Waals surface area contributed by atoms with Gasteiger partial charge in [0.05, 0.1) is 28.6 Å². The van der Waals surface area contributed by atoms with Crippen LogP contribution in [-0.4, -0.2) is 41.3 Å². The fraction of sp³-hybridized carbons (Fsp3) is 0.348. The van der Waals surface area contributed by atoms with Crippen LogP contribution in [0.3, 0.4) is 0 Å². The third kappa shape index (κ3) is 3.37. The molecular weight excluding hydrogens is 401 g/mol. The molecule has 31 heavy (non-hydrogen) atoms. The molecule has 3 aromatic rings. The number of anilines is 1. The fourth-order valence-electron chi connectivity index (χ4n) is 4.73. The van der Waals surface area contributed by atoms with Crippen LogP contribution in [0, 0.1) is 5.82 Å². The second-order valence-corrected chi connectivity index (χ2v) is 8.30. The van der Waals surface area contributed by atoms with Gasteiger partial charge in [0.2, 0.25) is 0 Å². The van der Waals surface area contributed by atoms with Crippen LogP contribution in [0.5, 0.6) is 0 Å². The van der Waals surface area contributed by atoms with Gasteiger partial charge < -0.3 is 14.5 Å². The minimum absolute atomic E-state index is 0.149. The first-order valence-electron chi connectivity index (χ1n) is 10.4. The van der Waals surface area contributed by atoms with E-state index in [1.807, 2.05) is 6.07 Å². The number of aliphatic hydroxyl groups is 1. The fourth-order valence-corrected chi connectivity index (χ4v) is 4.73. The lowest BCUT2D eigenvalue weighted by atomic mass is 9.89. The average molecular weight is 423 g/mol. The van der Waals surface area contributed by atoms with Crippen LogP contribution in [0.1, 0.15) is 57.7 Å².